The molecule has 1 N–H and O–H groups in total. The van der Waals surface area contributed by atoms with Crippen LogP contribution in [0.1, 0.15) is 26.7 Å². The zero-order valence-corrected chi connectivity index (χ0v) is 18.2. The molecule has 0 saturated carbocycles. The predicted molar refractivity (Wildman–Crippen MR) is 110 cm³/mol. The molecule has 2 atom stereocenters. The molecule has 1 amide bonds. The summed E-state index contributed by atoms with van der Waals surface area (Å²) in [5.41, 5.74) is 0. The molecule has 2 fully saturated rings. The normalized spacial score (nSPS) is 21.8. The molecule has 2 saturated heterocycles. The SMILES string of the molecule is CCNC(=NCC(C)C(=O)OC)N1CCN(C(=O)C2CCCO2)CC1.I. The maximum absolute atomic E-state index is 12.4. The van der Waals surface area contributed by atoms with Crippen LogP contribution in [0.2, 0.25) is 0 Å². The van der Waals surface area contributed by atoms with Gasteiger partial charge in [0, 0.05) is 39.3 Å². The summed E-state index contributed by atoms with van der Waals surface area (Å²) < 4.78 is 10.2. The van der Waals surface area contributed by atoms with Crippen molar-refractivity contribution < 1.29 is 19.1 Å². The number of halogens is 1. The fourth-order valence-corrected chi connectivity index (χ4v) is 3.04. The number of nitrogens with one attached hydrogen (secondary N) is 1. The third kappa shape index (κ3) is 6.26. The van der Waals surface area contributed by atoms with E-state index in [2.05, 4.69) is 15.2 Å². The summed E-state index contributed by atoms with van der Waals surface area (Å²) >= 11 is 0. The lowest BCUT2D eigenvalue weighted by atomic mass is 10.2. The number of aliphatic imine (C=N–C) groups is 1. The van der Waals surface area contributed by atoms with Crippen LogP contribution in [-0.4, -0.2) is 86.7 Å². The van der Waals surface area contributed by atoms with Crippen molar-refractivity contribution in [3.63, 3.8) is 0 Å². The van der Waals surface area contributed by atoms with Crippen LogP contribution in [0.5, 0.6) is 0 Å². The van der Waals surface area contributed by atoms with Crippen molar-refractivity contribution >= 4 is 41.8 Å². The first-order valence-corrected chi connectivity index (χ1v) is 9.08. The molecule has 0 spiro atoms. The highest BCUT2D eigenvalue weighted by atomic mass is 127. The van der Waals surface area contributed by atoms with E-state index in [-0.39, 0.29) is 47.9 Å². The first-order valence-electron chi connectivity index (χ1n) is 9.08. The molecular formula is C17H31IN4O4. The van der Waals surface area contributed by atoms with Crippen LogP contribution in [-0.2, 0) is 19.1 Å². The summed E-state index contributed by atoms with van der Waals surface area (Å²) in [5.74, 6) is 0.355. The lowest BCUT2D eigenvalue weighted by molar-refractivity contribution is -0.144. The fourth-order valence-electron chi connectivity index (χ4n) is 3.04. The summed E-state index contributed by atoms with van der Waals surface area (Å²) in [6.07, 6.45) is 1.54. The van der Waals surface area contributed by atoms with Crippen molar-refractivity contribution in [3.05, 3.63) is 0 Å². The van der Waals surface area contributed by atoms with Crippen molar-refractivity contribution in [1.29, 1.82) is 0 Å². The van der Waals surface area contributed by atoms with Gasteiger partial charge in [-0.05, 0) is 19.8 Å². The molecular weight excluding hydrogens is 451 g/mol. The number of esters is 1. The Balaban J connectivity index is 0.00000338. The van der Waals surface area contributed by atoms with E-state index in [4.69, 9.17) is 9.47 Å². The van der Waals surface area contributed by atoms with Gasteiger partial charge in [0.25, 0.3) is 5.91 Å². The van der Waals surface area contributed by atoms with Crippen LogP contribution in [0.25, 0.3) is 0 Å². The molecule has 2 unspecified atom stereocenters. The van der Waals surface area contributed by atoms with E-state index in [1.807, 2.05) is 11.8 Å². The number of methoxy groups -OCH3 is 1. The van der Waals surface area contributed by atoms with Crippen LogP contribution in [0.3, 0.4) is 0 Å². The third-order valence-corrected chi connectivity index (χ3v) is 4.55. The van der Waals surface area contributed by atoms with Crippen LogP contribution < -0.4 is 5.32 Å². The van der Waals surface area contributed by atoms with Gasteiger partial charge in [-0.3, -0.25) is 14.6 Å². The van der Waals surface area contributed by atoms with Gasteiger partial charge in [-0.1, -0.05) is 6.92 Å². The maximum atomic E-state index is 12.4. The van der Waals surface area contributed by atoms with E-state index in [1.165, 1.54) is 7.11 Å². The molecule has 150 valence electrons. The van der Waals surface area contributed by atoms with E-state index in [9.17, 15) is 9.59 Å². The van der Waals surface area contributed by atoms with Crippen molar-refractivity contribution in [2.75, 3.05) is 53.0 Å². The molecule has 2 aliphatic heterocycles. The third-order valence-electron chi connectivity index (χ3n) is 4.55. The lowest BCUT2D eigenvalue weighted by Gasteiger charge is -2.37. The van der Waals surface area contributed by atoms with Gasteiger partial charge in [0.05, 0.1) is 19.6 Å². The number of guanidine groups is 1. The standard InChI is InChI=1S/C17H30N4O4.HI/c1-4-18-17(19-12-13(2)16(23)24-3)21-9-7-20(8-10-21)15(22)14-6-5-11-25-14;/h13-14H,4-12H2,1-3H3,(H,18,19);1H. The Kier molecular flexibility index (Phi) is 10.2. The zero-order valence-electron chi connectivity index (χ0n) is 15.9. The Bertz CT molecular complexity index is 489. The van der Waals surface area contributed by atoms with Crippen molar-refractivity contribution in [2.45, 2.75) is 32.8 Å². The van der Waals surface area contributed by atoms with Crippen LogP contribution >= 0.6 is 24.0 Å². The minimum absolute atomic E-state index is 0. The topological polar surface area (TPSA) is 83.5 Å². The molecule has 0 radical (unpaired) electrons. The number of nitrogens with zero attached hydrogens (tertiary/aromatic N) is 3. The largest absolute Gasteiger partial charge is 0.469 e. The molecule has 0 aliphatic carbocycles. The molecule has 2 heterocycles. The van der Waals surface area contributed by atoms with E-state index >= 15 is 0 Å². The number of piperazine rings is 1. The van der Waals surface area contributed by atoms with E-state index in [1.54, 1.807) is 6.92 Å². The Labute approximate surface area is 172 Å². The molecule has 0 bridgehead atoms. The quantitative estimate of drug-likeness (QED) is 0.269. The highest BCUT2D eigenvalue weighted by molar-refractivity contribution is 14.0. The Morgan fingerprint density at radius 3 is 2.46 bits per heavy atom. The second-order valence-corrected chi connectivity index (χ2v) is 6.43. The monoisotopic (exact) mass is 482 g/mol. The van der Waals surface area contributed by atoms with Crippen LogP contribution in [0, 0.1) is 5.92 Å². The Morgan fingerprint density at radius 1 is 1.27 bits per heavy atom. The summed E-state index contributed by atoms with van der Waals surface area (Å²) in [7, 11) is 1.39. The van der Waals surface area contributed by atoms with E-state index < -0.39 is 0 Å². The number of hydrogen-bond acceptors (Lipinski definition) is 5. The number of rotatable bonds is 5. The Hall–Kier alpha value is -1.10. The average Bonchev–Trinajstić information content (AvgIpc) is 3.18. The minimum atomic E-state index is -0.277. The highest BCUT2D eigenvalue weighted by Gasteiger charge is 2.31. The molecule has 0 aromatic carbocycles. The first-order chi connectivity index (χ1) is 12.1. The molecule has 2 rings (SSSR count). The zero-order chi connectivity index (χ0) is 18.2. The predicted octanol–water partition coefficient (Wildman–Crippen LogP) is 0.702. The van der Waals surface area contributed by atoms with Crippen molar-refractivity contribution in [2.24, 2.45) is 10.9 Å². The second-order valence-electron chi connectivity index (χ2n) is 6.43. The molecule has 8 nitrogen and oxygen atoms in total. The van der Waals surface area contributed by atoms with Crippen LogP contribution in [0.4, 0.5) is 0 Å². The second kappa shape index (κ2) is 11.6. The number of ether oxygens (including phenoxy) is 2. The maximum Gasteiger partial charge on any atom is 0.310 e. The van der Waals surface area contributed by atoms with Gasteiger partial charge < -0.3 is 24.6 Å². The van der Waals surface area contributed by atoms with Gasteiger partial charge in [-0.15, -0.1) is 24.0 Å². The van der Waals surface area contributed by atoms with Gasteiger partial charge in [0.2, 0.25) is 0 Å². The number of amides is 1. The first kappa shape index (κ1) is 22.9. The summed E-state index contributed by atoms with van der Waals surface area (Å²) in [6.45, 7) is 8.39. The summed E-state index contributed by atoms with van der Waals surface area (Å²) in [4.78, 5) is 32.5. The number of carbonyl (C=O) groups is 2. The van der Waals surface area contributed by atoms with Crippen molar-refractivity contribution in [3.8, 4) is 0 Å². The number of carbonyl (C=O) groups excluding carboxylic acids is 2. The van der Waals surface area contributed by atoms with Crippen molar-refractivity contribution in [1.82, 2.24) is 15.1 Å². The van der Waals surface area contributed by atoms with E-state index in [0.717, 1.165) is 38.4 Å². The molecule has 0 aromatic heterocycles. The lowest BCUT2D eigenvalue weighted by Crippen LogP contribution is -2.55. The smallest absolute Gasteiger partial charge is 0.310 e. The molecule has 26 heavy (non-hydrogen) atoms. The van der Waals surface area contributed by atoms with E-state index in [0.29, 0.717) is 26.2 Å². The minimum Gasteiger partial charge on any atom is -0.469 e. The van der Waals surface area contributed by atoms with Gasteiger partial charge in [-0.25, -0.2) is 0 Å². The van der Waals surface area contributed by atoms with Gasteiger partial charge in [-0.2, -0.15) is 0 Å². The molecule has 0 aromatic rings. The van der Waals surface area contributed by atoms with Gasteiger partial charge in [0.1, 0.15) is 6.10 Å². The Morgan fingerprint density at radius 2 is 1.92 bits per heavy atom. The summed E-state index contributed by atoms with van der Waals surface area (Å²) in [6, 6.07) is 0. The molecule has 9 heteroatoms. The number of hydrogen-bond donors (Lipinski definition) is 1. The average molecular weight is 482 g/mol. The van der Waals surface area contributed by atoms with Gasteiger partial charge in [0.15, 0.2) is 5.96 Å². The highest BCUT2D eigenvalue weighted by Crippen LogP contribution is 2.16. The van der Waals surface area contributed by atoms with Crippen LogP contribution in [0.15, 0.2) is 4.99 Å². The summed E-state index contributed by atoms with van der Waals surface area (Å²) in [5, 5.41) is 3.26. The fraction of sp³-hybridized carbons (Fsp3) is 0.824. The molecule has 2 aliphatic rings. The van der Waals surface area contributed by atoms with Gasteiger partial charge >= 0.3 is 5.97 Å².